The summed E-state index contributed by atoms with van der Waals surface area (Å²) in [6.07, 6.45) is 1.12. The van der Waals surface area contributed by atoms with Gasteiger partial charge in [0.05, 0.1) is 16.8 Å². The molecule has 0 bridgehead atoms. The number of nitriles is 1. The zero-order chi connectivity index (χ0) is 24.5. The summed E-state index contributed by atoms with van der Waals surface area (Å²) < 4.78 is 14.6. The highest BCUT2D eigenvalue weighted by Crippen LogP contribution is 2.34. The van der Waals surface area contributed by atoms with Crippen LogP contribution in [0, 0.1) is 43.8 Å². The summed E-state index contributed by atoms with van der Waals surface area (Å²) in [7, 11) is 0. The summed E-state index contributed by atoms with van der Waals surface area (Å²) in [6, 6.07) is 17.1. The molecule has 0 unspecified atom stereocenters. The van der Waals surface area contributed by atoms with Crippen LogP contribution < -0.4 is 10.6 Å². The van der Waals surface area contributed by atoms with Gasteiger partial charge in [0.15, 0.2) is 0 Å². The highest BCUT2D eigenvalue weighted by molar-refractivity contribution is 5.96. The minimum absolute atomic E-state index is 0.0192. The van der Waals surface area contributed by atoms with E-state index in [1.165, 1.54) is 34.4 Å². The molecule has 1 aliphatic rings. The molecule has 35 heavy (non-hydrogen) atoms. The lowest BCUT2D eigenvalue weighted by Crippen LogP contribution is -2.18. The number of rotatable bonds is 5. The van der Waals surface area contributed by atoms with E-state index < -0.39 is 5.82 Å². The lowest BCUT2D eigenvalue weighted by molar-refractivity contribution is 0.613. The topological polar surface area (TPSA) is 73.6 Å². The molecule has 176 valence electrons. The van der Waals surface area contributed by atoms with Crippen LogP contribution in [0.5, 0.6) is 0 Å². The number of fused-ring (bicyclic) bond motifs is 1. The van der Waals surface area contributed by atoms with E-state index in [-0.39, 0.29) is 5.56 Å². The van der Waals surface area contributed by atoms with Crippen molar-refractivity contribution in [2.24, 2.45) is 5.92 Å². The van der Waals surface area contributed by atoms with Gasteiger partial charge < -0.3 is 10.6 Å². The minimum Gasteiger partial charge on any atom is -0.354 e. The Balaban J connectivity index is 1.65. The lowest BCUT2D eigenvalue weighted by atomic mass is 9.92. The predicted molar refractivity (Wildman–Crippen MR) is 139 cm³/mol. The van der Waals surface area contributed by atoms with E-state index in [0.717, 1.165) is 42.5 Å². The molecule has 1 fully saturated rings. The van der Waals surface area contributed by atoms with Crippen molar-refractivity contribution >= 4 is 16.9 Å². The predicted octanol–water partition coefficient (Wildman–Crippen LogP) is 5.92. The molecule has 2 N–H and O–H groups in total. The first kappa shape index (κ1) is 22.9. The Bertz CT molecular complexity index is 1440. The van der Waals surface area contributed by atoms with Crippen LogP contribution in [0.25, 0.3) is 33.3 Å². The Kier molecular flexibility index (Phi) is 6.19. The molecule has 1 saturated heterocycles. The van der Waals surface area contributed by atoms with Gasteiger partial charge in [0.2, 0.25) is 5.95 Å². The molecule has 1 atom stereocenters. The van der Waals surface area contributed by atoms with Gasteiger partial charge in [-0.15, -0.1) is 0 Å². The van der Waals surface area contributed by atoms with Crippen molar-refractivity contribution in [2.75, 3.05) is 25.0 Å². The second-order valence-corrected chi connectivity index (χ2v) is 9.45. The summed E-state index contributed by atoms with van der Waals surface area (Å²) in [6.45, 7) is 9.13. The van der Waals surface area contributed by atoms with Crippen molar-refractivity contribution in [3.63, 3.8) is 0 Å². The minimum atomic E-state index is -0.551. The van der Waals surface area contributed by atoms with Gasteiger partial charge in [-0.05, 0) is 92.7 Å². The molecule has 2 heterocycles. The molecular weight excluding hydrogens is 437 g/mol. The molecule has 5 rings (SSSR count). The molecule has 1 aromatic heterocycles. The van der Waals surface area contributed by atoms with Crippen molar-refractivity contribution in [1.82, 2.24) is 15.3 Å². The second kappa shape index (κ2) is 9.44. The first-order valence-corrected chi connectivity index (χ1v) is 12.0. The summed E-state index contributed by atoms with van der Waals surface area (Å²) in [4.78, 5) is 9.61. The first-order valence-electron chi connectivity index (χ1n) is 12.0. The van der Waals surface area contributed by atoms with Crippen molar-refractivity contribution in [3.05, 3.63) is 76.6 Å². The van der Waals surface area contributed by atoms with Gasteiger partial charge in [0.1, 0.15) is 11.9 Å². The van der Waals surface area contributed by atoms with Crippen molar-refractivity contribution in [2.45, 2.75) is 27.2 Å². The Morgan fingerprint density at radius 2 is 1.80 bits per heavy atom. The first-order chi connectivity index (χ1) is 16.9. The smallest absolute Gasteiger partial charge is 0.223 e. The summed E-state index contributed by atoms with van der Waals surface area (Å²) in [5, 5.41) is 16.8. The van der Waals surface area contributed by atoms with E-state index in [1.54, 1.807) is 6.07 Å². The zero-order valence-corrected chi connectivity index (χ0v) is 20.2. The van der Waals surface area contributed by atoms with E-state index in [2.05, 4.69) is 55.7 Å². The maximum Gasteiger partial charge on any atom is 0.223 e. The summed E-state index contributed by atoms with van der Waals surface area (Å²) >= 11 is 0. The average Bonchev–Trinajstić information content (AvgIpc) is 3.35. The van der Waals surface area contributed by atoms with Crippen LogP contribution >= 0.6 is 0 Å². The van der Waals surface area contributed by atoms with E-state index in [4.69, 9.17) is 9.97 Å². The van der Waals surface area contributed by atoms with Crippen LogP contribution in [0.4, 0.5) is 10.3 Å². The van der Waals surface area contributed by atoms with Crippen LogP contribution in [-0.4, -0.2) is 29.6 Å². The standard InChI is InChI=1S/C29H28FN5/c1-17-10-18(2)27(19(3)11-17)21-6-7-26-24(12-21)28(22-4-5-23(14-31)25(30)13-22)35-29(34-26)33-16-20-8-9-32-15-20/h4-7,10-13,20,32H,8-9,15-16H2,1-3H3,(H,33,34,35)/t20-/m0/s1. The molecule has 5 nitrogen and oxygen atoms in total. The van der Waals surface area contributed by atoms with Crippen molar-refractivity contribution in [1.29, 1.82) is 5.26 Å². The third kappa shape index (κ3) is 4.60. The Labute approximate surface area is 205 Å². The van der Waals surface area contributed by atoms with Gasteiger partial charge in [-0.3, -0.25) is 0 Å². The van der Waals surface area contributed by atoms with Crippen LogP contribution in [0.1, 0.15) is 28.7 Å². The number of aromatic nitrogens is 2. The van der Waals surface area contributed by atoms with Gasteiger partial charge in [-0.25, -0.2) is 14.4 Å². The number of nitrogens with one attached hydrogen (secondary N) is 2. The molecule has 0 saturated carbocycles. The molecule has 0 aliphatic carbocycles. The van der Waals surface area contributed by atoms with Crippen LogP contribution in [0.3, 0.4) is 0 Å². The Morgan fingerprint density at radius 3 is 2.49 bits per heavy atom. The largest absolute Gasteiger partial charge is 0.354 e. The maximum absolute atomic E-state index is 14.6. The monoisotopic (exact) mass is 465 g/mol. The lowest BCUT2D eigenvalue weighted by Gasteiger charge is -2.15. The molecule has 4 aromatic rings. The molecular formula is C29H28FN5. The fourth-order valence-electron chi connectivity index (χ4n) is 5.10. The van der Waals surface area contributed by atoms with E-state index in [1.807, 2.05) is 12.1 Å². The number of nitrogens with zero attached hydrogens (tertiary/aromatic N) is 3. The summed E-state index contributed by atoms with van der Waals surface area (Å²) in [5.74, 6) is 0.504. The third-order valence-corrected chi connectivity index (χ3v) is 6.74. The van der Waals surface area contributed by atoms with Crippen LogP contribution in [0.2, 0.25) is 0 Å². The fraction of sp³-hybridized carbons (Fsp3) is 0.276. The SMILES string of the molecule is Cc1cc(C)c(-c2ccc3nc(NC[C@H]4CCNC4)nc(-c4ccc(C#N)c(F)c4)c3c2)c(C)c1. The Morgan fingerprint density at radius 1 is 1.03 bits per heavy atom. The normalized spacial score (nSPS) is 15.3. The van der Waals surface area contributed by atoms with Gasteiger partial charge in [0, 0.05) is 17.5 Å². The second-order valence-electron chi connectivity index (χ2n) is 9.45. The third-order valence-electron chi connectivity index (χ3n) is 6.74. The van der Waals surface area contributed by atoms with E-state index in [0.29, 0.717) is 23.1 Å². The van der Waals surface area contributed by atoms with Crippen molar-refractivity contribution in [3.8, 4) is 28.5 Å². The van der Waals surface area contributed by atoms with Crippen molar-refractivity contribution < 1.29 is 4.39 Å². The molecule has 0 radical (unpaired) electrons. The van der Waals surface area contributed by atoms with E-state index >= 15 is 0 Å². The Hall–Kier alpha value is -3.82. The number of benzene rings is 3. The van der Waals surface area contributed by atoms with Gasteiger partial charge in [-0.2, -0.15) is 5.26 Å². The quantitative estimate of drug-likeness (QED) is 0.383. The number of hydrogen-bond donors (Lipinski definition) is 2. The average molecular weight is 466 g/mol. The maximum atomic E-state index is 14.6. The molecule has 0 spiro atoms. The molecule has 3 aromatic carbocycles. The van der Waals surface area contributed by atoms with Crippen LogP contribution in [-0.2, 0) is 0 Å². The highest BCUT2D eigenvalue weighted by atomic mass is 19.1. The number of halogens is 1. The van der Waals surface area contributed by atoms with Gasteiger partial charge >= 0.3 is 0 Å². The number of anilines is 1. The van der Waals surface area contributed by atoms with Gasteiger partial charge in [0.25, 0.3) is 0 Å². The fourth-order valence-corrected chi connectivity index (χ4v) is 5.10. The molecule has 0 amide bonds. The molecule has 6 heteroatoms. The van der Waals surface area contributed by atoms with Gasteiger partial charge in [-0.1, -0.05) is 29.8 Å². The zero-order valence-electron chi connectivity index (χ0n) is 20.2. The highest BCUT2D eigenvalue weighted by Gasteiger charge is 2.17. The molecule has 1 aliphatic heterocycles. The van der Waals surface area contributed by atoms with E-state index in [9.17, 15) is 9.65 Å². The number of aryl methyl sites for hydroxylation is 3. The summed E-state index contributed by atoms with van der Waals surface area (Å²) in [5.41, 5.74) is 7.98. The number of hydrogen-bond acceptors (Lipinski definition) is 5. The van der Waals surface area contributed by atoms with Crippen LogP contribution in [0.15, 0.2) is 48.5 Å².